The Morgan fingerprint density at radius 3 is 1.88 bits per heavy atom. The fourth-order valence-electron chi connectivity index (χ4n) is 3.10. The number of benzene rings is 3. The summed E-state index contributed by atoms with van der Waals surface area (Å²) in [4.78, 5) is 17.1. The molecule has 0 aromatic heterocycles. The van der Waals surface area contributed by atoms with E-state index in [9.17, 15) is 4.79 Å². The Hall–Kier alpha value is -2.72. The molecule has 0 fully saturated rings. The lowest BCUT2D eigenvalue weighted by atomic mass is 10.1. The molecule has 0 saturated carbocycles. The standard InChI is InChI=1S/C21H18N2OS/c1-14-8-7-9-15(2)20(14)22-21(24)23-16-10-3-5-12-18(16)25-19-13-6-4-11-17(19)23/h3-13H,1-2H3,(H,22,24). The van der Waals surface area contributed by atoms with Gasteiger partial charge in [0.05, 0.1) is 11.4 Å². The van der Waals surface area contributed by atoms with Gasteiger partial charge < -0.3 is 5.32 Å². The second-order valence-corrected chi connectivity index (χ2v) is 7.15. The van der Waals surface area contributed by atoms with Gasteiger partial charge in [-0.25, -0.2) is 4.79 Å². The first-order valence-corrected chi connectivity index (χ1v) is 9.00. The minimum atomic E-state index is -0.141. The summed E-state index contributed by atoms with van der Waals surface area (Å²) in [5, 5.41) is 3.11. The van der Waals surface area contributed by atoms with Gasteiger partial charge in [-0.15, -0.1) is 0 Å². The van der Waals surface area contributed by atoms with E-state index in [1.54, 1.807) is 16.7 Å². The molecule has 4 heteroatoms. The number of anilines is 3. The minimum absolute atomic E-state index is 0.141. The van der Waals surface area contributed by atoms with Gasteiger partial charge in [-0.1, -0.05) is 54.2 Å². The van der Waals surface area contributed by atoms with Crippen LogP contribution >= 0.6 is 11.8 Å². The maximum Gasteiger partial charge on any atom is 0.331 e. The van der Waals surface area contributed by atoms with Crippen molar-refractivity contribution < 1.29 is 4.79 Å². The Labute approximate surface area is 151 Å². The van der Waals surface area contributed by atoms with E-state index in [0.29, 0.717) is 0 Å². The average Bonchev–Trinajstić information content (AvgIpc) is 2.62. The van der Waals surface area contributed by atoms with Crippen molar-refractivity contribution in [2.75, 3.05) is 10.2 Å². The number of para-hydroxylation sites is 3. The third-order valence-electron chi connectivity index (χ3n) is 4.35. The Bertz CT molecular complexity index is 902. The van der Waals surface area contributed by atoms with E-state index in [1.807, 2.05) is 68.4 Å². The number of urea groups is 1. The first-order valence-electron chi connectivity index (χ1n) is 8.18. The van der Waals surface area contributed by atoms with Crippen LogP contribution in [0.3, 0.4) is 0 Å². The van der Waals surface area contributed by atoms with Gasteiger partial charge in [0.25, 0.3) is 0 Å². The highest BCUT2D eigenvalue weighted by Gasteiger charge is 2.28. The highest BCUT2D eigenvalue weighted by atomic mass is 32.2. The third kappa shape index (κ3) is 2.79. The number of hydrogen-bond donors (Lipinski definition) is 1. The van der Waals surface area contributed by atoms with Crippen LogP contribution in [0, 0.1) is 13.8 Å². The molecule has 3 aromatic rings. The largest absolute Gasteiger partial charge is 0.331 e. The third-order valence-corrected chi connectivity index (χ3v) is 5.48. The highest BCUT2D eigenvalue weighted by molar-refractivity contribution is 7.99. The SMILES string of the molecule is Cc1cccc(C)c1NC(=O)N1c2ccccc2Sc2ccccc21. The van der Waals surface area contributed by atoms with Gasteiger partial charge in [-0.3, -0.25) is 4.90 Å². The molecule has 0 bridgehead atoms. The summed E-state index contributed by atoms with van der Waals surface area (Å²) in [5.74, 6) is 0. The molecule has 3 aromatic carbocycles. The van der Waals surface area contributed by atoms with Gasteiger partial charge in [0, 0.05) is 15.5 Å². The van der Waals surface area contributed by atoms with Crippen LogP contribution in [0.5, 0.6) is 0 Å². The van der Waals surface area contributed by atoms with E-state index < -0.39 is 0 Å². The van der Waals surface area contributed by atoms with E-state index in [4.69, 9.17) is 0 Å². The summed E-state index contributed by atoms with van der Waals surface area (Å²) in [6.07, 6.45) is 0. The predicted octanol–water partition coefficient (Wildman–Crippen LogP) is 6.14. The summed E-state index contributed by atoms with van der Waals surface area (Å²) in [6, 6.07) is 21.9. The summed E-state index contributed by atoms with van der Waals surface area (Å²) in [5.41, 5.74) is 4.81. The van der Waals surface area contributed by atoms with Gasteiger partial charge in [-0.05, 0) is 49.2 Å². The van der Waals surface area contributed by atoms with Crippen LogP contribution in [-0.2, 0) is 0 Å². The van der Waals surface area contributed by atoms with Crippen LogP contribution in [0.1, 0.15) is 11.1 Å². The zero-order valence-electron chi connectivity index (χ0n) is 14.1. The fourth-order valence-corrected chi connectivity index (χ4v) is 4.16. The van der Waals surface area contributed by atoms with E-state index in [2.05, 4.69) is 17.4 Å². The first-order chi connectivity index (χ1) is 12.1. The summed E-state index contributed by atoms with van der Waals surface area (Å²) in [7, 11) is 0. The van der Waals surface area contributed by atoms with E-state index in [-0.39, 0.29) is 6.03 Å². The van der Waals surface area contributed by atoms with Crippen molar-refractivity contribution in [1.29, 1.82) is 0 Å². The smallest absolute Gasteiger partial charge is 0.307 e. The first kappa shape index (κ1) is 15.8. The Balaban J connectivity index is 1.78. The summed E-state index contributed by atoms with van der Waals surface area (Å²) >= 11 is 1.69. The van der Waals surface area contributed by atoms with Crippen molar-refractivity contribution in [1.82, 2.24) is 0 Å². The number of nitrogens with one attached hydrogen (secondary N) is 1. The highest BCUT2D eigenvalue weighted by Crippen LogP contribution is 2.48. The molecule has 3 nitrogen and oxygen atoms in total. The van der Waals surface area contributed by atoms with Gasteiger partial charge in [-0.2, -0.15) is 0 Å². The lowest BCUT2D eigenvalue weighted by molar-refractivity contribution is 0.258. The molecule has 1 aliphatic rings. The quantitative estimate of drug-likeness (QED) is 0.574. The molecular weight excluding hydrogens is 328 g/mol. The topological polar surface area (TPSA) is 32.3 Å². The van der Waals surface area contributed by atoms with Crippen LogP contribution in [0.25, 0.3) is 0 Å². The number of amides is 2. The van der Waals surface area contributed by atoms with Gasteiger partial charge >= 0.3 is 6.03 Å². The Morgan fingerprint density at radius 2 is 1.32 bits per heavy atom. The van der Waals surface area contributed by atoms with Crippen molar-refractivity contribution >= 4 is 34.9 Å². The molecule has 1 N–H and O–H groups in total. The van der Waals surface area contributed by atoms with Crippen molar-refractivity contribution in [2.24, 2.45) is 0 Å². The molecule has 0 spiro atoms. The number of hydrogen-bond acceptors (Lipinski definition) is 2. The van der Waals surface area contributed by atoms with Gasteiger partial charge in [0.1, 0.15) is 0 Å². The molecule has 0 atom stereocenters. The monoisotopic (exact) mass is 346 g/mol. The maximum atomic E-state index is 13.2. The predicted molar refractivity (Wildman–Crippen MR) is 104 cm³/mol. The van der Waals surface area contributed by atoms with E-state index in [0.717, 1.165) is 38.0 Å². The second-order valence-electron chi connectivity index (χ2n) is 6.07. The molecule has 0 saturated heterocycles. The molecule has 0 radical (unpaired) electrons. The Kier molecular flexibility index (Phi) is 3.98. The average molecular weight is 346 g/mol. The molecule has 1 heterocycles. The Morgan fingerprint density at radius 1 is 0.800 bits per heavy atom. The second kappa shape index (κ2) is 6.30. The molecule has 1 aliphatic heterocycles. The van der Waals surface area contributed by atoms with Crippen molar-refractivity contribution in [3.63, 3.8) is 0 Å². The van der Waals surface area contributed by atoms with Crippen LogP contribution in [0.15, 0.2) is 76.5 Å². The molecule has 4 rings (SSSR count). The lowest BCUT2D eigenvalue weighted by Gasteiger charge is -2.31. The maximum absolute atomic E-state index is 13.2. The number of carbonyl (C=O) groups excluding carboxylic acids is 1. The van der Waals surface area contributed by atoms with Crippen LogP contribution in [-0.4, -0.2) is 6.03 Å². The van der Waals surface area contributed by atoms with Gasteiger partial charge in [0.15, 0.2) is 0 Å². The molecule has 25 heavy (non-hydrogen) atoms. The number of aryl methyl sites for hydroxylation is 2. The fraction of sp³-hybridized carbons (Fsp3) is 0.0952. The van der Waals surface area contributed by atoms with Crippen molar-refractivity contribution in [2.45, 2.75) is 23.6 Å². The lowest BCUT2D eigenvalue weighted by Crippen LogP contribution is -2.33. The molecule has 124 valence electrons. The van der Waals surface area contributed by atoms with Gasteiger partial charge in [0.2, 0.25) is 0 Å². The molecule has 0 unspecified atom stereocenters. The van der Waals surface area contributed by atoms with Crippen LogP contribution < -0.4 is 10.2 Å². The normalized spacial score (nSPS) is 12.3. The zero-order chi connectivity index (χ0) is 17.4. The molecule has 0 aliphatic carbocycles. The van der Waals surface area contributed by atoms with E-state index >= 15 is 0 Å². The summed E-state index contributed by atoms with van der Waals surface area (Å²) in [6.45, 7) is 4.02. The van der Waals surface area contributed by atoms with Crippen molar-refractivity contribution in [3.05, 3.63) is 77.9 Å². The summed E-state index contributed by atoms with van der Waals surface area (Å²) < 4.78 is 0. The minimum Gasteiger partial charge on any atom is -0.307 e. The molecule has 2 amide bonds. The number of fused-ring (bicyclic) bond motifs is 2. The van der Waals surface area contributed by atoms with Crippen molar-refractivity contribution in [3.8, 4) is 0 Å². The van der Waals surface area contributed by atoms with Crippen LogP contribution in [0.2, 0.25) is 0 Å². The number of nitrogens with zero attached hydrogens (tertiary/aromatic N) is 1. The number of rotatable bonds is 1. The zero-order valence-corrected chi connectivity index (χ0v) is 14.9. The molecular formula is C21H18N2OS. The number of carbonyl (C=O) groups is 1. The van der Waals surface area contributed by atoms with E-state index in [1.165, 1.54) is 0 Å². The van der Waals surface area contributed by atoms with Crippen LogP contribution in [0.4, 0.5) is 21.9 Å².